The molecule has 0 saturated heterocycles. The molecule has 124 valence electrons. The number of hydrogen-bond donors (Lipinski definition) is 1. The summed E-state index contributed by atoms with van der Waals surface area (Å²) in [5, 5.41) is 5.66. The van der Waals surface area contributed by atoms with Crippen LogP contribution in [0.1, 0.15) is 31.1 Å². The number of benzene rings is 1. The molecule has 0 spiro atoms. The monoisotopic (exact) mass is 361 g/mol. The van der Waals surface area contributed by atoms with E-state index in [2.05, 4.69) is 10.3 Å². The summed E-state index contributed by atoms with van der Waals surface area (Å²) < 4.78 is 5.21. The van der Waals surface area contributed by atoms with Crippen LogP contribution < -0.4 is 5.32 Å². The fourth-order valence-corrected chi connectivity index (χ4v) is 3.26. The first-order valence-corrected chi connectivity index (χ1v) is 8.79. The number of rotatable bonds is 4. The zero-order valence-electron chi connectivity index (χ0n) is 13.2. The first kappa shape index (κ1) is 16.7. The third kappa shape index (κ3) is 3.34. The van der Waals surface area contributed by atoms with Crippen LogP contribution in [0.2, 0.25) is 5.02 Å². The van der Waals surface area contributed by atoms with Gasteiger partial charge in [0.15, 0.2) is 5.84 Å². The Hall–Kier alpha value is -2.18. The molecule has 1 aromatic heterocycles. The molecule has 1 aromatic carbocycles. The first-order chi connectivity index (χ1) is 11.6. The molecule has 0 radical (unpaired) electrons. The number of carbonyl (C=O) groups excluding carboxylic acids is 1. The van der Waals surface area contributed by atoms with E-state index in [0.717, 1.165) is 11.3 Å². The van der Waals surface area contributed by atoms with Crippen molar-refractivity contribution in [2.45, 2.75) is 19.9 Å². The van der Waals surface area contributed by atoms with Crippen molar-refractivity contribution >= 4 is 34.7 Å². The molecule has 0 fully saturated rings. The van der Waals surface area contributed by atoms with E-state index in [0.29, 0.717) is 28.7 Å². The molecular formula is C17H16ClN3O2S. The van der Waals surface area contributed by atoms with Crippen LogP contribution in [0, 0.1) is 0 Å². The molecule has 0 unspecified atom stereocenters. The molecule has 7 heteroatoms. The lowest BCUT2D eigenvalue weighted by molar-refractivity contribution is -0.138. The van der Waals surface area contributed by atoms with Crippen LogP contribution in [0.5, 0.6) is 0 Å². The molecule has 0 bridgehead atoms. The quantitative estimate of drug-likeness (QED) is 0.843. The Labute approximate surface area is 149 Å². The van der Waals surface area contributed by atoms with E-state index < -0.39 is 6.04 Å². The largest absolute Gasteiger partial charge is 0.463 e. The van der Waals surface area contributed by atoms with Gasteiger partial charge in [-0.25, -0.2) is 9.78 Å². The van der Waals surface area contributed by atoms with Crippen LogP contribution in [0.15, 0.2) is 51.4 Å². The number of hydrogen-bond acceptors (Lipinski definition) is 6. The minimum atomic E-state index is -0.485. The number of halogens is 1. The average Bonchev–Trinajstić information content (AvgIpc) is 3.08. The highest BCUT2D eigenvalue weighted by Crippen LogP contribution is 2.33. The maximum absolute atomic E-state index is 12.4. The Bertz CT molecular complexity index is 815. The molecule has 0 saturated carbocycles. The van der Waals surface area contributed by atoms with Crippen LogP contribution in [0.3, 0.4) is 0 Å². The summed E-state index contributed by atoms with van der Waals surface area (Å²) in [6.07, 6.45) is 0. The molecule has 5 nitrogen and oxygen atoms in total. The number of aliphatic imine (C=N–C) groups is 1. The SMILES string of the molecule is CCOC(=O)C1=C(C)NC(c2cscn2)=N[C@@H]1c1cccc(Cl)c1. The Kier molecular flexibility index (Phi) is 4.97. The lowest BCUT2D eigenvalue weighted by atomic mass is 9.96. The summed E-state index contributed by atoms with van der Waals surface area (Å²) in [6, 6.07) is 6.86. The number of nitrogens with one attached hydrogen (secondary N) is 1. The van der Waals surface area contributed by atoms with E-state index in [4.69, 9.17) is 21.3 Å². The number of nitrogens with zero attached hydrogens (tertiary/aromatic N) is 2. The van der Waals surface area contributed by atoms with Crippen molar-refractivity contribution in [2.75, 3.05) is 6.61 Å². The lowest BCUT2D eigenvalue weighted by Gasteiger charge is -2.25. The second-order valence-corrected chi connectivity index (χ2v) is 6.35. The zero-order chi connectivity index (χ0) is 17.1. The predicted octanol–water partition coefficient (Wildman–Crippen LogP) is 3.72. The molecule has 2 aromatic rings. The molecular weight excluding hydrogens is 346 g/mol. The van der Waals surface area contributed by atoms with E-state index in [9.17, 15) is 4.79 Å². The minimum absolute atomic E-state index is 0.306. The van der Waals surface area contributed by atoms with Crippen molar-refractivity contribution in [1.29, 1.82) is 0 Å². The second kappa shape index (κ2) is 7.15. The minimum Gasteiger partial charge on any atom is -0.463 e. The summed E-state index contributed by atoms with van der Waals surface area (Å²) in [5.74, 6) is 0.250. The molecule has 24 heavy (non-hydrogen) atoms. The summed E-state index contributed by atoms with van der Waals surface area (Å²) in [5.41, 5.74) is 4.51. The normalized spacial score (nSPS) is 17.3. The van der Waals surface area contributed by atoms with E-state index >= 15 is 0 Å². The van der Waals surface area contributed by atoms with E-state index in [1.165, 1.54) is 11.3 Å². The summed E-state index contributed by atoms with van der Waals surface area (Å²) in [6.45, 7) is 3.92. The number of carbonyl (C=O) groups is 1. The third-order valence-corrected chi connectivity index (χ3v) is 4.40. The maximum Gasteiger partial charge on any atom is 0.338 e. The van der Waals surface area contributed by atoms with Gasteiger partial charge in [0.2, 0.25) is 0 Å². The van der Waals surface area contributed by atoms with Crippen LogP contribution in [-0.4, -0.2) is 23.4 Å². The van der Waals surface area contributed by atoms with E-state index in [-0.39, 0.29) is 5.97 Å². The smallest absolute Gasteiger partial charge is 0.338 e. The topological polar surface area (TPSA) is 63.6 Å². The van der Waals surface area contributed by atoms with Gasteiger partial charge in [0.05, 0.1) is 17.7 Å². The molecule has 1 aliphatic rings. The van der Waals surface area contributed by atoms with Crippen molar-refractivity contribution < 1.29 is 9.53 Å². The molecule has 1 aliphatic heterocycles. The van der Waals surface area contributed by atoms with Gasteiger partial charge in [-0.3, -0.25) is 4.99 Å². The fraction of sp³-hybridized carbons (Fsp3) is 0.235. The Balaban J connectivity index is 2.08. The molecule has 0 aliphatic carbocycles. The lowest BCUT2D eigenvalue weighted by Crippen LogP contribution is -2.33. The predicted molar refractivity (Wildman–Crippen MR) is 95.3 cm³/mol. The van der Waals surface area contributed by atoms with Crippen molar-refractivity contribution in [1.82, 2.24) is 10.3 Å². The van der Waals surface area contributed by atoms with Crippen LogP contribution >= 0.6 is 22.9 Å². The Morgan fingerprint density at radius 2 is 2.29 bits per heavy atom. The third-order valence-electron chi connectivity index (χ3n) is 3.58. The molecule has 1 atom stereocenters. The summed E-state index contributed by atoms with van der Waals surface area (Å²) in [4.78, 5) is 21.4. The molecule has 3 rings (SSSR count). The van der Waals surface area contributed by atoms with Gasteiger partial charge >= 0.3 is 5.97 Å². The fourth-order valence-electron chi connectivity index (χ4n) is 2.53. The van der Waals surface area contributed by atoms with Crippen molar-refractivity contribution in [2.24, 2.45) is 4.99 Å². The molecule has 0 amide bonds. The highest BCUT2D eigenvalue weighted by atomic mass is 35.5. The standard InChI is InChI=1S/C17H16ClN3O2S/c1-3-23-17(22)14-10(2)20-16(13-8-24-9-19-13)21-15(14)11-5-4-6-12(18)7-11/h4-9,15H,3H2,1-2H3,(H,20,21)/t15-/m1/s1. The van der Waals surface area contributed by atoms with Crippen molar-refractivity contribution in [3.63, 3.8) is 0 Å². The molecule has 1 N–H and O–H groups in total. The van der Waals surface area contributed by atoms with Crippen LogP contribution in [0.25, 0.3) is 0 Å². The van der Waals surface area contributed by atoms with Gasteiger partial charge in [0, 0.05) is 16.1 Å². The van der Waals surface area contributed by atoms with Gasteiger partial charge < -0.3 is 10.1 Å². The highest BCUT2D eigenvalue weighted by Gasteiger charge is 2.31. The van der Waals surface area contributed by atoms with Crippen molar-refractivity contribution in [3.05, 3.63) is 62.7 Å². The van der Waals surface area contributed by atoms with Crippen LogP contribution in [0.4, 0.5) is 0 Å². The van der Waals surface area contributed by atoms with E-state index in [1.807, 2.05) is 30.5 Å². The summed E-state index contributed by atoms with van der Waals surface area (Å²) >= 11 is 7.61. The van der Waals surface area contributed by atoms with Crippen LogP contribution in [-0.2, 0) is 9.53 Å². The number of esters is 1. The van der Waals surface area contributed by atoms with Gasteiger partial charge in [0.25, 0.3) is 0 Å². The number of ether oxygens (including phenoxy) is 1. The zero-order valence-corrected chi connectivity index (χ0v) is 14.8. The van der Waals surface area contributed by atoms with Gasteiger partial charge in [-0.1, -0.05) is 23.7 Å². The Morgan fingerprint density at radius 3 is 2.96 bits per heavy atom. The van der Waals surface area contributed by atoms with Gasteiger partial charge in [0.1, 0.15) is 11.7 Å². The summed E-state index contributed by atoms with van der Waals surface area (Å²) in [7, 11) is 0. The first-order valence-electron chi connectivity index (χ1n) is 7.47. The Morgan fingerprint density at radius 1 is 1.46 bits per heavy atom. The van der Waals surface area contributed by atoms with Gasteiger partial charge in [-0.05, 0) is 31.5 Å². The maximum atomic E-state index is 12.4. The van der Waals surface area contributed by atoms with Gasteiger partial charge in [-0.15, -0.1) is 11.3 Å². The number of amidine groups is 1. The number of aromatic nitrogens is 1. The molecule has 2 heterocycles. The number of thiazole rings is 1. The highest BCUT2D eigenvalue weighted by molar-refractivity contribution is 7.07. The van der Waals surface area contributed by atoms with Crippen molar-refractivity contribution in [3.8, 4) is 0 Å². The van der Waals surface area contributed by atoms with E-state index in [1.54, 1.807) is 18.5 Å². The second-order valence-electron chi connectivity index (χ2n) is 5.19. The number of allylic oxidation sites excluding steroid dienone is 1. The van der Waals surface area contributed by atoms with Gasteiger partial charge in [-0.2, -0.15) is 0 Å². The average molecular weight is 362 g/mol.